The molecule has 3 rings (SSSR count). The highest BCUT2D eigenvalue weighted by atomic mass is 35.5. The molecule has 0 bridgehead atoms. The number of nitrogens with one attached hydrogen (secondary N) is 1. The summed E-state index contributed by atoms with van der Waals surface area (Å²) in [5.41, 5.74) is 0.990. The van der Waals surface area contributed by atoms with Gasteiger partial charge in [0.15, 0.2) is 0 Å². The summed E-state index contributed by atoms with van der Waals surface area (Å²) >= 11 is 0. The van der Waals surface area contributed by atoms with Gasteiger partial charge in [-0.2, -0.15) is 4.31 Å². The Labute approximate surface area is 125 Å². The van der Waals surface area contributed by atoms with E-state index in [1.165, 1.54) is 0 Å². The molecule has 2 aliphatic rings. The van der Waals surface area contributed by atoms with Gasteiger partial charge in [-0.1, -0.05) is 0 Å². The van der Waals surface area contributed by atoms with Crippen molar-refractivity contribution in [2.75, 3.05) is 26.2 Å². The summed E-state index contributed by atoms with van der Waals surface area (Å²) in [5.74, 6) is 0.812. The summed E-state index contributed by atoms with van der Waals surface area (Å²) < 4.78 is 32.2. The van der Waals surface area contributed by atoms with Gasteiger partial charge in [0.1, 0.15) is 11.9 Å². The van der Waals surface area contributed by atoms with Crippen molar-refractivity contribution in [1.82, 2.24) is 9.62 Å². The number of fused-ring (bicyclic) bond motifs is 1. The lowest BCUT2D eigenvalue weighted by atomic mass is 10.1. The van der Waals surface area contributed by atoms with Crippen molar-refractivity contribution in [2.24, 2.45) is 0 Å². The number of benzene rings is 1. The average Bonchev–Trinajstić information content (AvgIpc) is 2.78. The van der Waals surface area contributed by atoms with Crippen LogP contribution in [-0.4, -0.2) is 45.0 Å². The van der Waals surface area contributed by atoms with Crippen LogP contribution in [0, 0.1) is 0 Å². The first-order valence-electron chi connectivity index (χ1n) is 6.58. The lowest BCUT2D eigenvalue weighted by Crippen LogP contribution is -2.46. The van der Waals surface area contributed by atoms with Gasteiger partial charge < -0.3 is 10.1 Å². The smallest absolute Gasteiger partial charge is 0.243 e. The maximum absolute atomic E-state index is 12.5. The van der Waals surface area contributed by atoms with Crippen LogP contribution in [0.5, 0.6) is 5.75 Å². The maximum atomic E-state index is 12.5. The van der Waals surface area contributed by atoms with E-state index in [2.05, 4.69) is 5.32 Å². The molecule has 1 aromatic rings. The van der Waals surface area contributed by atoms with Gasteiger partial charge in [0.2, 0.25) is 10.0 Å². The van der Waals surface area contributed by atoms with Crippen molar-refractivity contribution in [3.63, 3.8) is 0 Å². The van der Waals surface area contributed by atoms with E-state index in [0.717, 1.165) is 17.7 Å². The summed E-state index contributed by atoms with van der Waals surface area (Å²) in [4.78, 5) is 0.380. The first-order valence-corrected chi connectivity index (χ1v) is 8.02. The molecule has 2 aliphatic heterocycles. The maximum Gasteiger partial charge on any atom is 0.243 e. The zero-order chi connectivity index (χ0) is 13.5. The second-order valence-corrected chi connectivity index (χ2v) is 6.99. The van der Waals surface area contributed by atoms with E-state index in [4.69, 9.17) is 4.74 Å². The molecule has 7 heteroatoms. The Balaban J connectivity index is 0.00000147. The molecule has 1 saturated heterocycles. The third-order valence-corrected chi connectivity index (χ3v) is 5.48. The molecule has 112 valence electrons. The monoisotopic (exact) mass is 318 g/mol. The van der Waals surface area contributed by atoms with Gasteiger partial charge in [0.05, 0.1) is 4.90 Å². The standard InChI is InChI=1S/C13H18N2O3S.ClH/c1-10-8-11-9-12(2-3-13(11)18-10)19(16,17)15-6-4-14-5-7-15;/h2-3,9-10,14H,4-8H2,1H3;1H. The molecule has 0 aromatic heterocycles. The van der Waals surface area contributed by atoms with Crippen molar-refractivity contribution < 1.29 is 13.2 Å². The van der Waals surface area contributed by atoms with Gasteiger partial charge in [-0.3, -0.25) is 0 Å². The van der Waals surface area contributed by atoms with Crippen LogP contribution in [0.1, 0.15) is 12.5 Å². The highest BCUT2D eigenvalue weighted by molar-refractivity contribution is 7.89. The summed E-state index contributed by atoms with van der Waals surface area (Å²) in [6, 6.07) is 5.18. The fourth-order valence-electron chi connectivity index (χ4n) is 2.59. The Hall–Kier alpha value is -0.820. The molecule has 1 fully saturated rings. The summed E-state index contributed by atoms with van der Waals surface area (Å²) in [7, 11) is -3.36. The summed E-state index contributed by atoms with van der Waals surface area (Å²) in [6.45, 7) is 4.48. The zero-order valence-corrected chi connectivity index (χ0v) is 13.0. The Bertz CT molecular complexity index is 585. The molecule has 2 heterocycles. The molecule has 20 heavy (non-hydrogen) atoms. The van der Waals surface area contributed by atoms with Gasteiger partial charge in [0, 0.05) is 32.6 Å². The van der Waals surface area contributed by atoms with Crippen LogP contribution in [0.2, 0.25) is 0 Å². The topological polar surface area (TPSA) is 58.6 Å². The minimum atomic E-state index is -3.36. The molecule has 0 spiro atoms. The predicted octanol–water partition coefficient (Wildman–Crippen LogP) is 1.03. The van der Waals surface area contributed by atoms with Crippen LogP contribution in [0.15, 0.2) is 23.1 Å². The SMILES string of the molecule is CC1Cc2cc(S(=O)(=O)N3CCNCC3)ccc2O1.Cl. The van der Waals surface area contributed by atoms with E-state index < -0.39 is 10.0 Å². The predicted molar refractivity (Wildman–Crippen MR) is 79.1 cm³/mol. The molecule has 0 saturated carbocycles. The summed E-state index contributed by atoms with van der Waals surface area (Å²) in [5, 5.41) is 3.16. The largest absolute Gasteiger partial charge is 0.490 e. The molecule has 0 amide bonds. The van der Waals surface area contributed by atoms with Crippen LogP contribution < -0.4 is 10.1 Å². The number of piperazine rings is 1. The average molecular weight is 319 g/mol. The third kappa shape index (κ3) is 2.79. The van der Waals surface area contributed by atoms with E-state index in [9.17, 15) is 8.42 Å². The highest BCUT2D eigenvalue weighted by Crippen LogP contribution is 2.31. The molecule has 1 unspecified atom stereocenters. The van der Waals surface area contributed by atoms with Crippen molar-refractivity contribution in [1.29, 1.82) is 0 Å². The van der Waals surface area contributed by atoms with Gasteiger partial charge >= 0.3 is 0 Å². The number of sulfonamides is 1. The fraction of sp³-hybridized carbons (Fsp3) is 0.538. The molecular formula is C13H19ClN2O3S. The molecule has 1 aromatic carbocycles. The Morgan fingerprint density at radius 1 is 1.30 bits per heavy atom. The molecule has 0 aliphatic carbocycles. The van der Waals surface area contributed by atoms with Gasteiger partial charge in [-0.25, -0.2) is 8.42 Å². The summed E-state index contributed by atoms with van der Waals surface area (Å²) in [6.07, 6.45) is 0.910. The fourth-order valence-corrected chi connectivity index (χ4v) is 4.09. The number of hydrogen-bond acceptors (Lipinski definition) is 4. The van der Waals surface area contributed by atoms with Crippen LogP contribution >= 0.6 is 12.4 Å². The number of nitrogens with zero attached hydrogens (tertiary/aromatic N) is 1. The number of halogens is 1. The number of rotatable bonds is 2. The Morgan fingerprint density at radius 3 is 2.70 bits per heavy atom. The van der Waals surface area contributed by atoms with Crippen molar-refractivity contribution in [3.8, 4) is 5.75 Å². The molecule has 1 atom stereocenters. The second-order valence-electron chi connectivity index (χ2n) is 5.06. The minimum Gasteiger partial charge on any atom is -0.490 e. The van der Waals surface area contributed by atoms with E-state index in [0.29, 0.717) is 31.1 Å². The van der Waals surface area contributed by atoms with Crippen LogP contribution in [0.4, 0.5) is 0 Å². The quantitative estimate of drug-likeness (QED) is 0.884. The van der Waals surface area contributed by atoms with Crippen LogP contribution in [0.25, 0.3) is 0 Å². The van der Waals surface area contributed by atoms with Gasteiger partial charge in [-0.05, 0) is 30.7 Å². The van der Waals surface area contributed by atoms with Crippen LogP contribution in [-0.2, 0) is 16.4 Å². The first kappa shape index (κ1) is 15.6. The molecular weight excluding hydrogens is 300 g/mol. The van der Waals surface area contributed by atoms with Crippen molar-refractivity contribution in [2.45, 2.75) is 24.3 Å². The number of hydrogen-bond donors (Lipinski definition) is 1. The van der Waals surface area contributed by atoms with E-state index in [-0.39, 0.29) is 18.5 Å². The highest BCUT2D eigenvalue weighted by Gasteiger charge is 2.28. The normalized spacial score (nSPS) is 22.8. The van der Waals surface area contributed by atoms with E-state index in [1.807, 2.05) is 6.92 Å². The van der Waals surface area contributed by atoms with E-state index >= 15 is 0 Å². The van der Waals surface area contributed by atoms with Gasteiger partial charge in [0.25, 0.3) is 0 Å². The Morgan fingerprint density at radius 2 is 2.00 bits per heavy atom. The number of ether oxygens (including phenoxy) is 1. The first-order chi connectivity index (χ1) is 9.07. The van der Waals surface area contributed by atoms with Gasteiger partial charge in [-0.15, -0.1) is 12.4 Å². The minimum absolute atomic E-state index is 0. The van der Waals surface area contributed by atoms with Crippen molar-refractivity contribution in [3.05, 3.63) is 23.8 Å². The zero-order valence-electron chi connectivity index (χ0n) is 11.3. The lowest BCUT2D eigenvalue weighted by Gasteiger charge is -2.26. The van der Waals surface area contributed by atoms with Crippen molar-refractivity contribution >= 4 is 22.4 Å². The van der Waals surface area contributed by atoms with Crippen LogP contribution in [0.3, 0.4) is 0 Å². The third-order valence-electron chi connectivity index (χ3n) is 3.58. The molecule has 1 N–H and O–H groups in total. The Kier molecular flexibility index (Phi) is 4.59. The molecule has 5 nitrogen and oxygen atoms in total. The lowest BCUT2D eigenvalue weighted by molar-refractivity contribution is 0.254. The van der Waals surface area contributed by atoms with E-state index in [1.54, 1.807) is 22.5 Å². The molecule has 0 radical (unpaired) electrons. The second kappa shape index (κ2) is 5.89.